The quantitative estimate of drug-likeness (QED) is 0.546. The van der Waals surface area contributed by atoms with E-state index in [1.165, 1.54) is 6.07 Å². The third-order valence-corrected chi connectivity index (χ3v) is 5.66. The zero-order chi connectivity index (χ0) is 23.0. The molecule has 5 rings (SSSR count). The lowest BCUT2D eigenvalue weighted by Gasteiger charge is -2.33. The summed E-state index contributed by atoms with van der Waals surface area (Å²) < 4.78 is 55.0. The fourth-order valence-electron chi connectivity index (χ4n) is 4.01. The molecule has 2 aliphatic heterocycles. The van der Waals surface area contributed by atoms with Crippen molar-refractivity contribution in [3.63, 3.8) is 0 Å². The zero-order valence-corrected chi connectivity index (χ0v) is 17.4. The van der Waals surface area contributed by atoms with Gasteiger partial charge in [0.2, 0.25) is 6.79 Å². The van der Waals surface area contributed by atoms with Gasteiger partial charge < -0.3 is 24.7 Å². The van der Waals surface area contributed by atoms with E-state index >= 15 is 0 Å². The number of carbonyl (C=O) groups excluding carboxylic acids is 1. The number of benzene rings is 1. The SMILES string of the molecule is O=C(NCCCn1ccnc1)c1cc2n(n1)[C@H](C(F)(F)F)C[C@H](c1ccc3c(c1)OCO3)N2. The van der Waals surface area contributed by atoms with Crippen LogP contribution in [-0.4, -0.2) is 44.8 Å². The third kappa shape index (κ3) is 4.32. The molecule has 0 spiro atoms. The Bertz CT molecular complexity index is 1140. The summed E-state index contributed by atoms with van der Waals surface area (Å²) in [4.78, 5) is 16.5. The minimum atomic E-state index is -4.53. The number of hydrogen-bond acceptors (Lipinski definition) is 6. The first-order valence-corrected chi connectivity index (χ1v) is 10.4. The molecular formula is C21H21F3N6O3. The van der Waals surface area contributed by atoms with Crippen LogP contribution in [0.1, 0.15) is 41.0 Å². The van der Waals surface area contributed by atoms with Crippen LogP contribution < -0.4 is 20.1 Å². The first-order valence-electron chi connectivity index (χ1n) is 10.4. The van der Waals surface area contributed by atoms with Crippen LogP contribution in [0.15, 0.2) is 43.0 Å². The van der Waals surface area contributed by atoms with Gasteiger partial charge in [-0.3, -0.25) is 4.79 Å². The molecule has 0 bridgehead atoms. The number of carbonyl (C=O) groups is 1. The molecule has 0 saturated carbocycles. The highest BCUT2D eigenvalue weighted by Crippen LogP contribution is 2.45. The van der Waals surface area contributed by atoms with E-state index in [9.17, 15) is 18.0 Å². The van der Waals surface area contributed by atoms with Crippen molar-refractivity contribution >= 4 is 11.7 Å². The number of aromatic nitrogens is 4. The number of nitrogens with zero attached hydrogens (tertiary/aromatic N) is 4. The van der Waals surface area contributed by atoms with Gasteiger partial charge >= 0.3 is 6.18 Å². The highest BCUT2D eigenvalue weighted by atomic mass is 19.4. The standard InChI is InChI=1S/C21H21F3N6O3/c22-21(23,24)18-9-14(13-2-3-16-17(8-13)33-12-32-16)27-19-10-15(28-30(18)19)20(31)26-4-1-6-29-7-5-25-11-29/h2-3,5,7-8,10-11,14,18,27H,1,4,6,9,12H2,(H,26,31)/t14-,18+/m1/s1. The number of rotatable bonds is 6. The summed E-state index contributed by atoms with van der Waals surface area (Å²) in [7, 11) is 0. The van der Waals surface area contributed by atoms with Gasteiger partial charge in [0.25, 0.3) is 5.91 Å². The Morgan fingerprint density at radius 1 is 1.24 bits per heavy atom. The van der Waals surface area contributed by atoms with Crippen molar-refractivity contribution in [2.24, 2.45) is 0 Å². The van der Waals surface area contributed by atoms with Crippen molar-refractivity contribution in [2.45, 2.75) is 37.6 Å². The molecule has 174 valence electrons. The second-order valence-electron chi connectivity index (χ2n) is 7.87. The Morgan fingerprint density at radius 2 is 2.09 bits per heavy atom. The molecule has 0 aliphatic carbocycles. The summed E-state index contributed by atoms with van der Waals surface area (Å²) in [5.41, 5.74) is 0.562. The predicted molar refractivity (Wildman–Crippen MR) is 110 cm³/mol. The lowest BCUT2D eigenvalue weighted by molar-refractivity contribution is -0.173. The normalized spacial score (nSPS) is 19.1. The van der Waals surface area contributed by atoms with E-state index < -0.39 is 24.2 Å². The number of alkyl halides is 3. The molecule has 12 heteroatoms. The molecule has 2 aromatic heterocycles. The summed E-state index contributed by atoms with van der Waals surface area (Å²) in [6, 6.07) is 3.90. The van der Waals surface area contributed by atoms with Gasteiger partial charge in [-0.1, -0.05) is 6.07 Å². The molecule has 33 heavy (non-hydrogen) atoms. The highest BCUT2D eigenvalue weighted by molar-refractivity contribution is 5.93. The van der Waals surface area contributed by atoms with Gasteiger partial charge in [-0.25, -0.2) is 9.67 Å². The maximum atomic E-state index is 13.9. The molecule has 1 amide bonds. The number of nitrogens with one attached hydrogen (secondary N) is 2. The fraction of sp³-hybridized carbons (Fsp3) is 0.381. The molecule has 9 nitrogen and oxygen atoms in total. The number of ether oxygens (including phenoxy) is 2. The second-order valence-corrected chi connectivity index (χ2v) is 7.87. The van der Waals surface area contributed by atoms with Crippen molar-refractivity contribution < 1.29 is 27.4 Å². The Labute approximate surface area is 186 Å². The Kier molecular flexibility index (Phi) is 5.35. The maximum absolute atomic E-state index is 13.9. The Hall–Kier alpha value is -3.70. The van der Waals surface area contributed by atoms with Crippen LogP contribution in [-0.2, 0) is 6.54 Å². The Balaban J connectivity index is 1.31. The van der Waals surface area contributed by atoms with Crippen LogP contribution in [0.3, 0.4) is 0 Å². The minimum Gasteiger partial charge on any atom is -0.454 e. The summed E-state index contributed by atoms with van der Waals surface area (Å²) in [5.74, 6) is 0.659. The van der Waals surface area contributed by atoms with Crippen LogP contribution in [0.25, 0.3) is 0 Å². The monoisotopic (exact) mass is 462 g/mol. The van der Waals surface area contributed by atoms with E-state index in [-0.39, 0.29) is 24.7 Å². The molecule has 0 unspecified atom stereocenters. The molecular weight excluding hydrogens is 441 g/mol. The first-order chi connectivity index (χ1) is 15.9. The molecule has 2 aliphatic rings. The van der Waals surface area contributed by atoms with Crippen molar-refractivity contribution in [3.8, 4) is 11.5 Å². The molecule has 1 aromatic carbocycles. The van der Waals surface area contributed by atoms with E-state index in [1.807, 2.05) is 10.8 Å². The second kappa shape index (κ2) is 8.34. The fourth-order valence-corrected chi connectivity index (χ4v) is 4.01. The van der Waals surface area contributed by atoms with Crippen molar-refractivity contribution in [3.05, 3.63) is 54.2 Å². The van der Waals surface area contributed by atoms with Gasteiger partial charge in [-0.15, -0.1) is 0 Å². The van der Waals surface area contributed by atoms with E-state index in [0.29, 0.717) is 36.6 Å². The van der Waals surface area contributed by atoms with Gasteiger partial charge in [-0.05, 0) is 24.1 Å². The number of fused-ring (bicyclic) bond motifs is 2. The summed E-state index contributed by atoms with van der Waals surface area (Å²) in [6.07, 6.45) is 0.982. The summed E-state index contributed by atoms with van der Waals surface area (Å²) in [6.45, 7) is 1.10. The molecule has 0 radical (unpaired) electrons. The number of aryl methyl sites for hydroxylation is 1. The number of halogens is 3. The predicted octanol–water partition coefficient (Wildman–Crippen LogP) is 3.29. The summed E-state index contributed by atoms with van der Waals surface area (Å²) >= 11 is 0. The molecule has 2 N–H and O–H groups in total. The molecule has 3 aromatic rings. The first kappa shape index (κ1) is 21.2. The molecule has 2 atom stereocenters. The van der Waals surface area contributed by atoms with Gasteiger partial charge in [0.15, 0.2) is 23.2 Å². The maximum Gasteiger partial charge on any atom is 0.410 e. The summed E-state index contributed by atoms with van der Waals surface area (Å²) in [5, 5.41) is 9.76. The minimum absolute atomic E-state index is 0.0688. The van der Waals surface area contributed by atoms with Crippen LogP contribution in [0.4, 0.5) is 19.0 Å². The van der Waals surface area contributed by atoms with Gasteiger partial charge in [0, 0.05) is 38.0 Å². The molecule has 0 fully saturated rings. The number of amides is 1. The van der Waals surface area contributed by atoms with Crippen molar-refractivity contribution in [1.29, 1.82) is 0 Å². The number of anilines is 1. The highest BCUT2D eigenvalue weighted by Gasteiger charge is 2.47. The van der Waals surface area contributed by atoms with E-state index in [2.05, 4.69) is 20.7 Å². The average Bonchev–Trinajstić information content (AvgIpc) is 3.54. The van der Waals surface area contributed by atoms with Crippen LogP contribution in [0.5, 0.6) is 11.5 Å². The van der Waals surface area contributed by atoms with Gasteiger partial charge in [-0.2, -0.15) is 18.3 Å². The van der Waals surface area contributed by atoms with Crippen LogP contribution >= 0.6 is 0 Å². The zero-order valence-electron chi connectivity index (χ0n) is 17.4. The number of hydrogen-bond donors (Lipinski definition) is 2. The average molecular weight is 462 g/mol. The Morgan fingerprint density at radius 3 is 2.88 bits per heavy atom. The van der Waals surface area contributed by atoms with Crippen molar-refractivity contribution in [2.75, 3.05) is 18.7 Å². The van der Waals surface area contributed by atoms with Crippen LogP contribution in [0, 0.1) is 0 Å². The third-order valence-electron chi connectivity index (χ3n) is 5.66. The van der Waals surface area contributed by atoms with E-state index in [4.69, 9.17) is 9.47 Å². The topological polar surface area (TPSA) is 95.2 Å². The molecule has 0 saturated heterocycles. The van der Waals surface area contributed by atoms with Crippen LogP contribution in [0.2, 0.25) is 0 Å². The van der Waals surface area contributed by atoms with Crippen molar-refractivity contribution in [1.82, 2.24) is 24.6 Å². The lowest BCUT2D eigenvalue weighted by atomic mass is 9.96. The van der Waals surface area contributed by atoms with E-state index in [0.717, 1.165) is 4.68 Å². The largest absolute Gasteiger partial charge is 0.454 e. The van der Waals surface area contributed by atoms with E-state index in [1.54, 1.807) is 30.7 Å². The van der Waals surface area contributed by atoms with Gasteiger partial charge in [0.05, 0.1) is 12.4 Å². The smallest absolute Gasteiger partial charge is 0.410 e. The molecule has 4 heterocycles. The van der Waals surface area contributed by atoms with Gasteiger partial charge in [0.1, 0.15) is 5.82 Å². The number of imidazole rings is 1. The lowest BCUT2D eigenvalue weighted by Crippen LogP contribution is -2.35.